The molecule has 0 atom stereocenters. The van der Waals surface area contributed by atoms with Gasteiger partial charge in [0.25, 0.3) is 6.43 Å². The Hall–Kier alpha value is 0.250. The molecule has 0 saturated heterocycles. The Balaban J connectivity index is 2.75. The first-order valence-corrected chi connectivity index (χ1v) is 6.49. The van der Waals surface area contributed by atoms with Gasteiger partial charge in [0.2, 0.25) is 0 Å². The van der Waals surface area contributed by atoms with E-state index in [0.29, 0.717) is 0 Å². The molecule has 74 valence electrons. The Morgan fingerprint density at radius 1 is 1.36 bits per heavy atom. The van der Waals surface area contributed by atoms with Gasteiger partial charge in [-0.05, 0) is 50.7 Å². The van der Waals surface area contributed by atoms with Gasteiger partial charge in [-0.25, -0.2) is 8.78 Å². The van der Waals surface area contributed by atoms with Gasteiger partial charge in [0.15, 0.2) is 0 Å². The number of fused-ring (bicyclic) bond motifs is 1. The molecular formula is C9H4BrF2IS. The Morgan fingerprint density at radius 3 is 2.71 bits per heavy atom. The molecule has 0 aliphatic rings. The normalized spacial score (nSPS) is 11.5. The lowest BCUT2D eigenvalue weighted by atomic mass is 10.2. The molecule has 0 unspecified atom stereocenters. The van der Waals surface area contributed by atoms with Crippen molar-refractivity contribution in [1.82, 2.24) is 0 Å². The fourth-order valence-corrected chi connectivity index (χ4v) is 3.78. The molecule has 14 heavy (non-hydrogen) atoms. The molecule has 0 spiro atoms. The van der Waals surface area contributed by atoms with Crippen LogP contribution < -0.4 is 0 Å². The molecule has 0 nitrogen and oxygen atoms in total. The molecule has 1 aromatic carbocycles. The van der Waals surface area contributed by atoms with Crippen molar-refractivity contribution in [3.8, 4) is 0 Å². The summed E-state index contributed by atoms with van der Waals surface area (Å²) < 4.78 is 27.8. The summed E-state index contributed by atoms with van der Waals surface area (Å²) in [6.07, 6.45) is -2.41. The Labute approximate surface area is 106 Å². The molecule has 1 aromatic heterocycles. The number of rotatable bonds is 1. The van der Waals surface area contributed by atoms with E-state index in [9.17, 15) is 8.78 Å². The van der Waals surface area contributed by atoms with Crippen LogP contribution in [0.4, 0.5) is 8.78 Å². The minimum atomic E-state index is -2.41. The third-order valence-electron chi connectivity index (χ3n) is 1.86. The SMILES string of the molecule is FC(F)c1cc(Br)c2scc(I)c2c1. The van der Waals surface area contributed by atoms with E-state index in [-0.39, 0.29) is 5.56 Å². The van der Waals surface area contributed by atoms with Gasteiger partial charge in [-0.2, -0.15) is 0 Å². The highest BCUT2D eigenvalue weighted by Crippen LogP contribution is 2.36. The fraction of sp³-hybridized carbons (Fsp3) is 0.111. The fourth-order valence-electron chi connectivity index (χ4n) is 1.21. The van der Waals surface area contributed by atoms with Crippen LogP contribution in [0.3, 0.4) is 0 Å². The van der Waals surface area contributed by atoms with E-state index in [2.05, 4.69) is 38.5 Å². The summed E-state index contributed by atoms with van der Waals surface area (Å²) in [5.74, 6) is 0. The van der Waals surface area contributed by atoms with Gasteiger partial charge in [0, 0.05) is 29.1 Å². The maximum absolute atomic E-state index is 12.5. The smallest absolute Gasteiger partial charge is 0.205 e. The quantitative estimate of drug-likeness (QED) is 0.588. The van der Waals surface area contributed by atoms with E-state index >= 15 is 0 Å². The number of thiophene rings is 1. The first kappa shape index (κ1) is 10.8. The minimum absolute atomic E-state index is 0.0701. The third kappa shape index (κ3) is 1.81. The first-order valence-electron chi connectivity index (χ1n) is 3.74. The van der Waals surface area contributed by atoms with Crippen LogP contribution in [0, 0.1) is 3.57 Å². The molecule has 0 aliphatic carbocycles. The second-order valence-electron chi connectivity index (χ2n) is 2.76. The molecule has 0 radical (unpaired) electrons. The van der Waals surface area contributed by atoms with Gasteiger partial charge in [0.05, 0.1) is 0 Å². The van der Waals surface area contributed by atoms with E-state index in [1.165, 1.54) is 6.07 Å². The van der Waals surface area contributed by atoms with Crippen LogP contribution in [0.15, 0.2) is 22.0 Å². The van der Waals surface area contributed by atoms with Crippen LogP contribution in [0.5, 0.6) is 0 Å². The molecule has 0 saturated carbocycles. The molecule has 2 aromatic rings. The summed E-state index contributed by atoms with van der Waals surface area (Å²) in [6.45, 7) is 0. The highest BCUT2D eigenvalue weighted by atomic mass is 127. The number of hydrogen-bond acceptors (Lipinski definition) is 1. The van der Waals surface area contributed by atoms with E-state index in [4.69, 9.17) is 0 Å². The Kier molecular flexibility index (Phi) is 3.09. The number of hydrogen-bond donors (Lipinski definition) is 0. The van der Waals surface area contributed by atoms with Crippen molar-refractivity contribution in [3.63, 3.8) is 0 Å². The molecule has 0 amide bonds. The van der Waals surface area contributed by atoms with Gasteiger partial charge >= 0.3 is 0 Å². The number of benzene rings is 1. The van der Waals surface area contributed by atoms with Crippen LogP contribution in [0.2, 0.25) is 0 Å². The molecule has 0 N–H and O–H groups in total. The van der Waals surface area contributed by atoms with E-state index in [1.807, 2.05) is 5.38 Å². The summed E-state index contributed by atoms with van der Waals surface area (Å²) in [6, 6.07) is 3.04. The zero-order chi connectivity index (χ0) is 10.3. The predicted molar refractivity (Wildman–Crippen MR) is 67.2 cm³/mol. The lowest BCUT2D eigenvalue weighted by Gasteiger charge is -2.01. The van der Waals surface area contributed by atoms with Crippen LogP contribution >= 0.6 is 49.9 Å². The molecule has 0 aliphatic heterocycles. The van der Waals surface area contributed by atoms with Crippen molar-refractivity contribution in [1.29, 1.82) is 0 Å². The Morgan fingerprint density at radius 2 is 2.07 bits per heavy atom. The molecule has 0 fully saturated rings. The van der Waals surface area contributed by atoms with Crippen molar-refractivity contribution in [2.24, 2.45) is 0 Å². The maximum atomic E-state index is 12.5. The van der Waals surface area contributed by atoms with Crippen molar-refractivity contribution in [2.45, 2.75) is 6.43 Å². The summed E-state index contributed by atoms with van der Waals surface area (Å²) in [5.41, 5.74) is 0.0701. The lowest BCUT2D eigenvalue weighted by molar-refractivity contribution is 0.151. The van der Waals surface area contributed by atoms with Crippen molar-refractivity contribution >= 4 is 59.9 Å². The second kappa shape index (κ2) is 4.02. The van der Waals surface area contributed by atoms with Crippen molar-refractivity contribution < 1.29 is 8.78 Å². The van der Waals surface area contributed by atoms with Crippen LogP contribution in [-0.2, 0) is 0 Å². The van der Waals surface area contributed by atoms with Crippen LogP contribution in [0.25, 0.3) is 10.1 Å². The highest BCUT2D eigenvalue weighted by Gasteiger charge is 2.12. The van der Waals surface area contributed by atoms with Gasteiger partial charge < -0.3 is 0 Å². The van der Waals surface area contributed by atoms with Gasteiger partial charge in [-0.15, -0.1) is 11.3 Å². The maximum Gasteiger partial charge on any atom is 0.263 e. The van der Waals surface area contributed by atoms with Crippen molar-refractivity contribution in [3.05, 3.63) is 31.1 Å². The summed E-state index contributed by atoms with van der Waals surface area (Å²) >= 11 is 7.02. The first-order chi connectivity index (χ1) is 6.59. The van der Waals surface area contributed by atoms with Crippen LogP contribution in [-0.4, -0.2) is 0 Å². The topological polar surface area (TPSA) is 0 Å². The molecule has 2 rings (SSSR count). The monoisotopic (exact) mass is 388 g/mol. The number of alkyl halides is 2. The Bertz CT molecular complexity index is 481. The van der Waals surface area contributed by atoms with E-state index in [1.54, 1.807) is 17.4 Å². The average Bonchev–Trinajstić information content (AvgIpc) is 2.48. The minimum Gasteiger partial charge on any atom is -0.205 e. The zero-order valence-electron chi connectivity index (χ0n) is 6.73. The molecule has 1 heterocycles. The summed E-state index contributed by atoms with van der Waals surface area (Å²) in [7, 11) is 0. The van der Waals surface area contributed by atoms with Crippen molar-refractivity contribution in [2.75, 3.05) is 0 Å². The lowest BCUT2D eigenvalue weighted by Crippen LogP contribution is -1.84. The third-order valence-corrected chi connectivity index (χ3v) is 5.09. The van der Waals surface area contributed by atoms with Gasteiger partial charge in [0.1, 0.15) is 0 Å². The van der Waals surface area contributed by atoms with E-state index < -0.39 is 6.43 Å². The standard InChI is InChI=1S/C9H4BrF2IS/c10-6-2-4(9(11)12)1-5-7(13)3-14-8(5)6/h1-3,9H. The van der Waals surface area contributed by atoms with Crippen LogP contribution in [0.1, 0.15) is 12.0 Å². The second-order valence-corrected chi connectivity index (χ2v) is 5.66. The molecule has 0 bridgehead atoms. The van der Waals surface area contributed by atoms with Gasteiger partial charge in [-0.3, -0.25) is 0 Å². The van der Waals surface area contributed by atoms with E-state index in [0.717, 1.165) is 18.1 Å². The number of halogens is 4. The molecule has 5 heteroatoms. The summed E-state index contributed by atoms with van der Waals surface area (Å²) in [5, 5.41) is 2.87. The van der Waals surface area contributed by atoms with Gasteiger partial charge in [-0.1, -0.05) is 0 Å². The zero-order valence-corrected chi connectivity index (χ0v) is 11.3. The average molecular weight is 389 g/mol. The predicted octanol–water partition coefficient (Wildman–Crippen LogP) is 5.21. The molecular weight excluding hydrogens is 385 g/mol. The largest absolute Gasteiger partial charge is 0.263 e. The highest BCUT2D eigenvalue weighted by molar-refractivity contribution is 14.1. The summed E-state index contributed by atoms with van der Waals surface area (Å²) in [4.78, 5) is 0.